The Morgan fingerprint density at radius 1 is 1.10 bits per heavy atom. The summed E-state index contributed by atoms with van der Waals surface area (Å²) in [7, 11) is 0. The number of aromatic nitrogens is 2. The third-order valence-electron chi connectivity index (χ3n) is 3.04. The van der Waals surface area contributed by atoms with E-state index in [0.717, 1.165) is 23.8 Å². The van der Waals surface area contributed by atoms with Crippen molar-refractivity contribution in [1.29, 1.82) is 0 Å². The molecular formula is C17H23N3S. The first kappa shape index (κ1) is 16.0. The van der Waals surface area contributed by atoms with E-state index in [9.17, 15) is 0 Å². The molecule has 1 heterocycles. The van der Waals surface area contributed by atoms with Crippen molar-refractivity contribution in [2.75, 3.05) is 6.54 Å². The summed E-state index contributed by atoms with van der Waals surface area (Å²) in [4.78, 5) is 9.98. The molecule has 0 radical (unpaired) electrons. The number of nitrogens with one attached hydrogen (secondary N) is 1. The molecule has 1 aromatic carbocycles. The van der Waals surface area contributed by atoms with Gasteiger partial charge in [0, 0.05) is 23.8 Å². The van der Waals surface area contributed by atoms with E-state index in [1.165, 1.54) is 16.0 Å². The molecule has 0 aliphatic carbocycles. The lowest BCUT2D eigenvalue weighted by Gasteiger charge is -2.12. The Morgan fingerprint density at radius 3 is 2.48 bits per heavy atom. The van der Waals surface area contributed by atoms with Crippen molar-refractivity contribution in [3.63, 3.8) is 0 Å². The molecule has 0 aliphatic rings. The number of rotatable bonds is 6. The van der Waals surface area contributed by atoms with Gasteiger partial charge in [-0.05, 0) is 55.3 Å². The highest BCUT2D eigenvalue weighted by atomic mass is 32.2. The van der Waals surface area contributed by atoms with Crippen LogP contribution < -0.4 is 5.32 Å². The number of aryl methyl sites for hydroxylation is 2. The normalized spacial score (nSPS) is 11.1. The van der Waals surface area contributed by atoms with E-state index in [0.29, 0.717) is 5.92 Å². The molecule has 112 valence electrons. The summed E-state index contributed by atoms with van der Waals surface area (Å²) in [5, 5.41) is 4.31. The minimum Gasteiger partial charge on any atom is -0.312 e. The zero-order valence-corrected chi connectivity index (χ0v) is 14.0. The lowest BCUT2D eigenvalue weighted by molar-refractivity contribution is 0.550. The van der Waals surface area contributed by atoms with Crippen LogP contribution in [0.15, 0.2) is 40.6 Å². The van der Waals surface area contributed by atoms with Gasteiger partial charge in [-0.2, -0.15) is 0 Å². The molecule has 0 saturated carbocycles. The Bertz CT molecular complexity index is 579. The summed E-state index contributed by atoms with van der Waals surface area (Å²) in [5.74, 6) is 0.659. The average Bonchev–Trinajstić information content (AvgIpc) is 2.43. The molecular weight excluding hydrogens is 278 g/mol. The monoisotopic (exact) mass is 301 g/mol. The van der Waals surface area contributed by atoms with Gasteiger partial charge >= 0.3 is 0 Å². The fourth-order valence-corrected chi connectivity index (χ4v) is 2.78. The Hall–Kier alpha value is -1.39. The van der Waals surface area contributed by atoms with E-state index in [4.69, 9.17) is 0 Å². The van der Waals surface area contributed by atoms with Gasteiger partial charge in [-0.25, -0.2) is 9.97 Å². The maximum absolute atomic E-state index is 4.38. The molecule has 0 fully saturated rings. The molecule has 4 heteroatoms. The topological polar surface area (TPSA) is 37.8 Å². The first-order valence-corrected chi connectivity index (χ1v) is 8.13. The van der Waals surface area contributed by atoms with Gasteiger partial charge in [0.1, 0.15) is 0 Å². The first-order valence-electron chi connectivity index (χ1n) is 7.31. The minimum absolute atomic E-state index is 0.659. The highest BCUT2D eigenvalue weighted by molar-refractivity contribution is 7.99. The SMILES string of the molecule is Cc1cnc(Sc2ccc(C)cc2CNCC(C)C)nc1. The molecule has 3 nitrogen and oxygen atoms in total. The fourth-order valence-electron chi connectivity index (χ4n) is 1.97. The highest BCUT2D eigenvalue weighted by Gasteiger charge is 2.07. The van der Waals surface area contributed by atoms with Crippen LogP contribution in [0.3, 0.4) is 0 Å². The van der Waals surface area contributed by atoms with Crippen molar-refractivity contribution < 1.29 is 0 Å². The number of benzene rings is 1. The van der Waals surface area contributed by atoms with Gasteiger partial charge in [0.2, 0.25) is 0 Å². The maximum atomic E-state index is 4.38. The van der Waals surface area contributed by atoms with Crippen LogP contribution in [0.25, 0.3) is 0 Å². The van der Waals surface area contributed by atoms with Crippen molar-refractivity contribution in [2.45, 2.75) is 44.3 Å². The van der Waals surface area contributed by atoms with Crippen LogP contribution in [0, 0.1) is 19.8 Å². The van der Waals surface area contributed by atoms with Crippen LogP contribution >= 0.6 is 11.8 Å². The van der Waals surface area contributed by atoms with Crippen LogP contribution in [-0.4, -0.2) is 16.5 Å². The third-order valence-corrected chi connectivity index (χ3v) is 4.05. The van der Waals surface area contributed by atoms with E-state index < -0.39 is 0 Å². The summed E-state index contributed by atoms with van der Waals surface area (Å²) in [6.07, 6.45) is 3.72. The van der Waals surface area contributed by atoms with Gasteiger partial charge in [0.25, 0.3) is 0 Å². The lowest BCUT2D eigenvalue weighted by Crippen LogP contribution is -2.19. The number of nitrogens with zero attached hydrogens (tertiary/aromatic N) is 2. The standard InChI is InChI=1S/C17H23N3S/c1-12(2)8-18-11-15-7-13(3)5-6-16(15)21-17-19-9-14(4)10-20-17/h5-7,9-10,12,18H,8,11H2,1-4H3. The predicted molar refractivity (Wildman–Crippen MR) is 88.6 cm³/mol. The molecule has 2 aromatic rings. The van der Waals surface area contributed by atoms with Crippen molar-refractivity contribution in [2.24, 2.45) is 5.92 Å². The molecule has 0 unspecified atom stereocenters. The van der Waals surface area contributed by atoms with Crippen molar-refractivity contribution in [3.8, 4) is 0 Å². The second kappa shape index (κ2) is 7.57. The molecule has 0 aliphatic heterocycles. The second-order valence-electron chi connectivity index (χ2n) is 5.78. The van der Waals surface area contributed by atoms with Gasteiger partial charge < -0.3 is 5.32 Å². The molecule has 0 spiro atoms. The predicted octanol–water partition coefficient (Wildman–Crippen LogP) is 3.99. The Kier molecular flexibility index (Phi) is 5.76. The van der Waals surface area contributed by atoms with E-state index in [1.54, 1.807) is 11.8 Å². The number of hydrogen-bond donors (Lipinski definition) is 1. The van der Waals surface area contributed by atoms with Crippen molar-refractivity contribution in [1.82, 2.24) is 15.3 Å². The van der Waals surface area contributed by atoms with Crippen LogP contribution in [0.1, 0.15) is 30.5 Å². The Labute approximate surface area is 131 Å². The van der Waals surface area contributed by atoms with Crippen LogP contribution in [0.2, 0.25) is 0 Å². The second-order valence-corrected chi connectivity index (χ2v) is 6.79. The maximum Gasteiger partial charge on any atom is 0.192 e. The van der Waals surface area contributed by atoms with E-state index in [1.807, 2.05) is 19.3 Å². The zero-order chi connectivity index (χ0) is 15.2. The van der Waals surface area contributed by atoms with Crippen LogP contribution in [0.5, 0.6) is 0 Å². The molecule has 1 aromatic heterocycles. The van der Waals surface area contributed by atoms with Gasteiger partial charge in [0.05, 0.1) is 0 Å². The first-order chi connectivity index (χ1) is 10.0. The summed E-state index contributed by atoms with van der Waals surface area (Å²) >= 11 is 1.63. The average molecular weight is 301 g/mol. The molecule has 0 bridgehead atoms. The molecule has 21 heavy (non-hydrogen) atoms. The van der Waals surface area contributed by atoms with E-state index >= 15 is 0 Å². The molecule has 0 saturated heterocycles. The summed E-state index contributed by atoms with van der Waals surface area (Å²) in [6.45, 7) is 10.5. The van der Waals surface area contributed by atoms with Crippen molar-refractivity contribution in [3.05, 3.63) is 47.3 Å². The van der Waals surface area contributed by atoms with Crippen LogP contribution in [0.4, 0.5) is 0 Å². The quantitative estimate of drug-likeness (QED) is 0.819. The molecule has 0 atom stereocenters. The fraction of sp³-hybridized carbons (Fsp3) is 0.412. The Balaban J connectivity index is 2.12. The highest BCUT2D eigenvalue weighted by Crippen LogP contribution is 2.28. The number of hydrogen-bond acceptors (Lipinski definition) is 4. The van der Waals surface area contributed by atoms with E-state index in [2.05, 4.69) is 54.3 Å². The van der Waals surface area contributed by atoms with Crippen molar-refractivity contribution >= 4 is 11.8 Å². The molecule has 2 rings (SSSR count). The van der Waals surface area contributed by atoms with Gasteiger partial charge in [-0.1, -0.05) is 31.5 Å². The largest absolute Gasteiger partial charge is 0.312 e. The third kappa shape index (κ3) is 5.14. The summed E-state index contributed by atoms with van der Waals surface area (Å²) in [6, 6.07) is 6.54. The van der Waals surface area contributed by atoms with Crippen LogP contribution in [-0.2, 0) is 6.54 Å². The van der Waals surface area contributed by atoms with E-state index in [-0.39, 0.29) is 0 Å². The Morgan fingerprint density at radius 2 is 1.81 bits per heavy atom. The molecule has 0 amide bonds. The van der Waals surface area contributed by atoms with Gasteiger partial charge in [-0.3, -0.25) is 0 Å². The summed E-state index contributed by atoms with van der Waals surface area (Å²) < 4.78 is 0. The molecule has 1 N–H and O–H groups in total. The summed E-state index contributed by atoms with van der Waals surface area (Å²) in [5.41, 5.74) is 3.68. The van der Waals surface area contributed by atoms with Gasteiger partial charge in [-0.15, -0.1) is 0 Å². The minimum atomic E-state index is 0.659. The lowest BCUT2D eigenvalue weighted by atomic mass is 10.1. The smallest absolute Gasteiger partial charge is 0.192 e. The zero-order valence-electron chi connectivity index (χ0n) is 13.2. The van der Waals surface area contributed by atoms with Gasteiger partial charge in [0.15, 0.2) is 5.16 Å².